The first-order chi connectivity index (χ1) is 17.5. The number of aliphatic hydroxyl groups excluding tert-OH is 5. The van der Waals surface area contributed by atoms with Crippen LogP contribution in [-0.4, -0.2) is 69.0 Å². The van der Waals surface area contributed by atoms with E-state index in [1.54, 1.807) is 0 Å². The SMILES string of the molecule is CCCCCCCCCCCCCCCCCCCCCCCNC(=O)[C@H](O)[C@@H](O)[C@H](O)[C@H](O)CO. The van der Waals surface area contributed by atoms with Gasteiger partial charge in [-0.3, -0.25) is 4.79 Å². The van der Waals surface area contributed by atoms with Crippen LogP contribution in [0.4, 0.5) is 0 Å². The first kappa shape index (κ1) is 35.3. The summed E-state index contributed by atoms with van der Waals surface area (Å²) in [4.78, 5) is 11.8. The Bertz CT molecular complexity index is 479. The van der Waals surface area contributed by atoms with Crippen molar-refractivity contribution < 1.29 is 30.3 Å². The van der Waals surface area contributed by atoms with Gasteiger partial charge in [-0.2, -0.15) is 0 Å². The maximum Gasteiger partial charge on any atom is 0.251 e. The summed E-state index contributed by atoms with van der Waals surface area (Å²) < 4.78 is 0. The molecule has 0 saturated heterocycles. The van der Waals surface area contributed by atoms with Crippen LogP contribution in [0.3, 0.4) is 0 Å². The zero-order valence-electron chi connectivity index (χ0n) is 23.2. The summed E-state index contributed by atoms with van der Waals surface area (Å²) in [5.74, 6) is -0.792. The van der Waals surface area contributed by atoms with Crippen LogP contribution in [0.1, 0.15) is 142 Å². The standard InChI is InChI=1S/C29H59NO6/c1-2-3-4-5-6-7-8-9-10-11-12-13-14-15-16-17-18-19-20-21-22-23-30-29(36)28(35)27(34)26(33)25(32)24-31/h25-28,31-35H,2-24H2,1H3,(H,30,36)/t25-,26-,27+,28-/m1/s1. The zero-order valence-corrected chi connectivity index (χ0v) is 23.2. The van der Waals surface area contributed by atoms with Crippen molar-refractivity contribution in [2.75, 3.05) is 13.2 Å². The van der Waals surface area contributed by atoms with Crippen LogP contribution in [0.2, 0.25) is 0 Å². The molecule has 0 aliphatic heterocycles. The summed E-state index contributed by atoms with van der Waals surface area (Å²) in [6.07, 6.45) is 20.5. The van der Waals surface area contributed by atoms with Gasteiger partial charge in [0.15, 0.2) is 6.10 Å². The van der Waals surface area contributed by atoms with Gasteiger partial charge < -0.3 is 30.8 Å². The van der Waals surface area contributed by atoms with E-state index in [0.717, 1.165) is 19.3 Å². The first-order valence-electron chi connectivity index (χ1n) is 15.1. The molecule has 36 heavy (non-hydrogen) atoms. The van der Waals surface area contributed by atoms with E-state index in [1.807, 2.05) is 0 Å². The van der Waals surface area contributed by atoms with E-state index in [0.29, 0.717) is 6.54 Å². The smallest absolute Gasteiger partial charge is 0.251 e. The lowest BCUT2D eigenvalue weighted by molar-refractivity contribution is -0.148. The monoisotopic (exact) mass is 517 g/mol. The minimum atomic E-state index is -1.85. The number of unbranched alkanes of at least 4 members (excludes halogenated alkanes) is 20. The van der Waals surface area contributed by atoms with Gasteiger partial charge in [-0.1, -0.05) is 135 Å². The van der Waals surface area contributed by atoms with E-state index >= 15 is 0 Å². The van der Waals surface area contributed by atoms with Crippen molar-refractivity contribution >= 4 is 5.91 Å². The maximum atomic E-state index is 11.8. The number of hydrogen-bond donors (Lipinski definition) is 6. The Kier molecular flexibility index (Phi) is 25.4. The molecule has 4 atom stereocenters. The van der Waals surface area contributed by atoms with Gasteiger partial charge in [-0.15, -0.1) is 0 Å². The molecular formula is C29H59NO6. The molecule has 216 valence electrons. The molecular weight excluding hydrogens is 458 g/mol. The van der Waals surface area contributed by atoms with Gasteiger partial charge in [0, 0.05) is 6.54 Å². The van der Waals surface area contributed by atoms with E-state index in [2.05, 4.69) is 12.2 Å². The molecule has 0 radical (unpaired) electrons. The Hall–Kier alpha value is -0.730. The number of hydrogen-bond acceptors (Lipinski definition) is 6. The van der Waals surface area contributed by atoms with Crippen molar-refractivity contribution in [3.8, 4) is 0 Å². The molecule has 0 aliphatic rings. The quantitative estimate of drug-likeness (QED) is 0.0872. The zero-order chi connectivity index (χ0) is 26.9. The van der Waals surface area contributed by atoms with Crippen molar-refractivity contribution in [2.24, 2.45) is 0 Å². The fraction of sp³-hybridized carbons (Fsp3) is 0.966. The molecule has 0 aromatic heterocycles. The predicted octanol–water partition coefficient (Wildman–Crippen LogP) is 4.75. The molecule has 0 rings (SSSR count). The summed E-state index contributed by atoms with van der Waals surface area (Å²) in [5, 5.41) is 49.6. The van der Waals surface area contributed by atoms with Gasteiger partial charge in [0.2, 0.25) is 0 Å². The molecule has 0 aromatic carbocycles. The van der Waals surface area contributed by atoms with Gasteiger partial charge in [-0.25, -0.2) is 0 Å². The molecule has 0 unspecified atom stereocenters. The molecule has 7 heteroatoms. The second-order valence-electron chi connectivity index (χ2n) is 10.5. The summed E-state index contributed by atoms with van der Waals surface area (Å²) in [6.45, 7) is 1.89. The van der Waals surface area contributed by atoms with Crippen LogP contribution < -0.4 is 5.32 Å². The molecule has 0 fully saturated rings. The Labute approximate surface area is 221 Å². The molecule has 0 aromatic rings. The fourth-order valence-corrected chi connectivity index (χ4v) is 4.55. The highest BCUT2D eigenvalue weighted by Gasteiger charge is 2.33. The number of carbonyl (C=O) groups is 1. The van der Waals surface area contributed by atoms with Gasteiger partial charge in [-0.05, 0) is 6.42 Å². The highest BCUT2D eigenvalue weighted by Crippen LogP contribution is 2.15. The Morgan fingerprint density at radius 2 is 0.889 bits per heavy atom. The van der Waals surface area contributed by atoms with Gasteiger partial charge in [0.25, 0.3) is 5.91 Å². The average Bonchev–Trinajstić information content (AvgIpc) is 2.89. The van der Waals surface area contributed by atoms with Crippen molar-refractivity contribution in [2.45, 2.75) is 166 Å². The predicted molar refractivity (Wildman–Crippen MR) is 147 cm³/mol. The third-order valence-electron chi connectivity index (χ3n) is 7.10. The summed E-state index contributed by atoms with van der Waals surface area (Å²) in [5.41, 5.74) is 0. The number of carbonyl (C=O) groups excluding carboxylic acids is 1. The number of amides is 1. The van der Waals surface area contributed by atoms with Crippen LogP contribution in [0.25, 0.3) is 0 Å². The topological polar surface area (TPSA) is 130 Å². The molecule has 0 saturated carbocycles. The largest absolute Gasteiger partial charge is 0.394 e. The van der Waals surface area contributed by atoms with Gasteiger partial charge in [0.1, 0.15) is 18.3 Å². The van der Waals surface area contributed by atoms with Crippen molar-refractivity contribution in [3.63, 3.8) is 0 Å². The lowest BCUT2D eigenvalue weighted by Gasteiger charge is -2.24. The molecule has 1 amide bonds. The Morgan fingerprint density at radius 3 is 1.22 bits per heavy atom. The fourth-order valence-electron chi connectivity index (χ4n) is 4.55. The molecule has 6 N–H and O–H groups in total. The number of rotatable bonds is 27. The average molecular weight is 518 g/mol. The lowest BCUT2D eigenvalue weighted by atomic mass is 10.0. The van der Waals surface area contributed by atoms with Crippen molar-refractivity contribution in [1.82, 2.24) is 5.32 Å². The van der Waals surface area contributed by atoms with E-state index in [4.69, 9.17) is 5.11 Å². The van der Waals surface area contributed by atoms with E-state index < -0.39 is 36.9 Å². The summed E-state index contributed by atoms with van der Waals surface area (Å²) in [6, 6.07) is 0. The van der Waals surface area contributed by atoms with E-state index in [9.17, 15) is 25.2 Å². The Morgan fingerprint density at radius 1 is 0.556 bits per heavy atom. The van der Waals surface area contributed by atoms with Crippen LogP contribution in [0.5, 0.6) is 0 Å². The summed E-state index contributed by atoms with van der Waals surface area (Å²) in [7, 11) is 0. The molecule has 0 aliphatic carbocycles. The third kappa shape index (κ3) is 20.3. The number of nitrogens with one attached hydrogen (secondary N) is 1. The maximum absolute atomic E-state index is 11.8. The van der Waals surface area contributed by atoms with Crippen LogP contribution in [-0.2, 0) is 4.79 Å². The van der Waals surface area contributed by atoms with E-state index in [1.165, 1.54) is 116 Å². The van der Waals surface area contributed by atoms with Gasteiger partial charge in [0.05, 0.1) is 6.61 Å². The molecule has 0 heterocycles. The minimum absolute atomic E-state index is 0.389. The van der Waals surface area contributed by atoms with Crippen molar-refractivity contribution in [1.29, 1.82) is 0 Å². The van der Waals surface area contributed by atoms with Crippen LogP contribution in [0.15, 0.2) is 0 Å². The highest BCUT2D eigenvalue weighted by atomic mass is 16.4. The summed E-state index contributed by atoms with van der Waals surface area (Å²) >= 11 is 0. The number of aliphatic hydroxyl groups is 5. The third-order valence-corrected chi connectivity index (χ3v) is 7.10. The van der Waals surface area contributed by atoms with Gasteiger partial charge >= 0.3 is 0 Å². The minimum Gasteiger partial charge on any atom is -0.394 e. The van der Waals surface area contributed by atoms with Crippen LogP contribution in [0, 0.1) is 0 Å². The molecule has 7 nitrogen and oxygen atoms in total. The second-order valence-corrected chi connectivity index (χ2v) is 10.5. The van der Waals surface area contributed by atoms with E-state index in [-0.39, 0.29) is 0 Å². The molecule has 0 spiro atoms. The highest BCUT2D eigenvalue weighted by molar-refractivity contribution is 5.81. The second kappa shape index (κ2) is 25.9. The van der Waals surface area contributed by atoms with Crippen molar-refractivity contribution in [3.05, 3.63) is 0 Å². The first-order valence-corrected chi connectivity index (χ1v) is 15.1. The normalized spacial score (nSPS) is 14.9. The molecule has 0 bridgehead atoms. The van der Waals surface area contributed by atoms with Crippen LogP contribution >= 0.6 is 0 Å². The lowest BCUT2D eigenvalue weighted by Crippen LogP contribution is -2.51. The Balaban J connectivity index is 3.35.